The van der Waals surface area contributed by atoms with Crippen molar-refractivity contribution in [3.8, 4) is 11.3 Å². The van der Waals surface area contributed by atoms with E-state index in [9.17, 15) is 5.11 Å². The van der Waals surface area contributed by atoms with E-state index in [2.05, 4.69) is 33.3 Å². The number of aromatic amines is 1. The Labute approximate surface area is 125 Å². The van der Waals surface area contributed by atoms with Crippen LogP contribution in [0.4, 0.5) is 0 Å². The second-order valence-electron chi connectivity index (χ2n) is 6.00. The number of nitrogens with one attached hydrogen (secondary N) is 1. The average Bonchev–Trinajstić information content (AvgIpc) is 3.10. The van der Waals surface area contributed by atoms with Crippen LogP contribution in [0.5, 0.6) is 0 Å². The van der Waals surface area contributed by atoms with Crippen LogP contribution in [0.15, 0.2) is 36.4 Å². The summed E-state index contributed by atoms with van der Waals surface area (Å²) in [6, 6.07) is 12.9. The summed E-state index contributed by atoms with van der Waals surface area (Å²) in [6.45, 7) is 3.87. The highest BCUT2D eigenvalue weighted by Crippen LogP contribution is 2.24. The zero-order valence-electron chi connectivity index (χ0n) is 12.5. The average molecular weight is 285 g/mol. The van der Waals surface area contributed by atoms with E-state index in [0.717, 1.165) is 36.5 Å². The molecule has 0 radical (unpaired) electrons. The minimum absolute atomic E-state index is 0.225. The normalized spacial score (nSPS) is 20.8. The minimum atomic E-state index is -0.225. The van der Waals surface area contributed by atoms with Crippen molar-refractivity contribution in [2.45, 2.75) is 44.9 Å². The first kappa shape index (κ1) is 14.3. The molecule has 3 rings (SSSR count). The molecule has 0 bridgehead atoms. The van der Waals surface area contributed by atoms with Crippen molar-refractivity contribution < 1.29 is 5.11 Å². The van der Waals surface area contributed by atoms with E-state index in [0.29, 0.717) is 6.04 Å². The number of aliphatic hydroxyl groups is 1. The van der Waals surface area contributed by atoms with Gasteiger partial charge in [0.25, 0.3) is 0 Å². The van der Waals surface area contributed by atoms with Crippen LogP contribution in [0, 0.1) is 0 Å². The predicted octanol–water partition coefficient (Wildman–Crippen LogP) is 2.81. The number of hydrogen-bond donors (Lipinski definition) is 2. The third-order valence-electron chi connectivity index (χ3n) is 4.19. The SMILES string of the molecule is CC(O)CC1CCCN1Cc1cc(-c2ccccc2)n[nH]1. The monoisotopic (exact) mass is 285 g/mol. The van der Waals surface area contributed by atoms with Crippen molar-refractivity contribution in [2.75, 3.05) is 6.54 Å². The first-order valence-electron chi connectivity index (χ1n) is 7.74. The Morgan fingerprint density at radius 3 is 2.95 bits per heavy atom. The zero-order valence-corrected chi connectivity index (χ0v) is 12.5. The summed E-state index contributed by atoms with van der Waals surface area (Å²) in [5.74, 6) is 0. The molecule has 1 aromatic heterocycles. The number of aromatic nitrogens is 2. The minimum Gasteiger partial charge on any atom is -0.393 e. The molecule has 4 heteroatoms. The summed E-state index contributed by atoms with van der Waals surface area (Å²) in [7, 11) is 0. The highest BCUT2D eigenvalue weighted by atomic mass is 16.3. The molecule has 2 heterocycles. The zero-order chi connectivity index (χ0) is 14.7. The van der Waals surface area contributed by atoms with Crippen molar-refractivity contribution >= 4 is 0 Å². The van der Waals surface area contributed by atoms with Gasteiger partial charge in [0, 0.05) is 23.8 Å². The van der Waals surface area contributed by atoms with E-state index in [1.807, 2.05) is 25.1 Å². The second-order valence-corrected chi connectivity index (χ2v) is 6.00. The standard InChI is InChI=1S/C17H23N3O/c1-13(21)10-16-8-5-9-20(16)12-15-11-17(19-18-15)14-6-3-2-4-7-14/h2-4,6-7,11,13,16,21H,5,8-10,12H2,1H3,(H,18,19). The molecule has 0 aliphatic carbocycles. The van der Waals surface area contributed by atoms with Gasteiger partial charge in [0.05, 0.1) is 11.8 Å². The fourth-order valence-electron chi connectivity index (χ4n) is 3.18. The van der Waals surface area contributed by atoms with Gasteiger partial charge in [-0.1, -0.05) is 30.3 Å². The first-order valence-corrected chi connectivity index (χ1v) is 7.74. The molecule has 2 N–H and O–H groups in total. The number of aliphatic hydroxyl groups excluding tert-OH is 1. The fourth-order valence-corrected chi connectivity index (χ4v) is 3.18. The van der Waals surface area contributed by atoms with Crippen LogP contribution in [0.3, 0.4) is 0 Å². The van der Waals surface area contributed by atoms with E-state index in [1.54, 1.807) is 0 Å². The van der Waals surface area contributed by atoms with Crippen molar-refractivity contribution in [3.63, 3.8) is 0 Å². The summed E-state index contributed by atoms with van der Waals surface area (Å²) in [5.41, 5.74) is 3.28. The quantitative estimate of drug-likeness (QED) is 0.888. The van der Waals surface area contributed by atoms with Crippen LogP contribution in [0.1, 0.15) is 31.9 Å². The maximum Gasteiger partial charge on any atom is 0.0924 e. The second kappa shape index (κ2) is 6.41. The van der Waals surface area contributed by atoms with Crippen molar-refractivity contribution in [1.82, 2.24) is 15.1 Å². The highest BCUT2D eigenvalue weighted by molar-refractivity contribution is 5.58. The molecule has 112 valence electrons. The Hall–Kier alpha value is -1.65. The molecule has 1 fully saturated rings. The molecule has 2 aromatic rings. The van der Waals surface area contributed by atoms with E-state index in [-0.39, 0.29) is 6.10 Å². The third kappa shape index (κ3) is 3.52. The summed E-state index contributed by atoms with van der Waals surface area (Å²) < 4.78 is 0. The summed E-state index contributed by atoms with van der Waals surface area (Å²) >= 11 is 0. The molecule has 0 amide bonds. The van der Waals surface area contributed by atoms with E-state index < -0.39 is 0 Å². The number of hydrogen-bond acceptors (Lipinski definition) is 3. The molecule has 0 saturated carbocycles. The first-order chi connectivity index (χ1) is 10.2. The maximum absolute atomic E-state index is 9.60. The van der Waals surface area contributed by atoms with Gasteiger partial charge in [-0.3, -0.25) is 10.00 Å². The Morgan fingerprint density at radius 2 is 2.19 bits per heavy atom. The lowest BCUT2D eigenvalue weighted by atomic mass is 10.1. The van der Waals surface area contributed by atoms with Gasteiger partial charge in [-0.25, -0.2) is 0 Å². The number of H-pyrrole nitrogens is 1. The van der Waals surface area contributed by atoms with Gasteiger partial charge in [0.1, 0.15) is 0 Å². The number of benzene rings is 1. The Morgan fingerprint density at radius 1 is 1.38 bits per heavy atom. The van der Waals surface area contributed by atoms with E-state index >= 15 is 0 Å². The van der Waals surface area contributed by atoms with Crippen LogP contribution in [0.25, 0.3) is 11.3 Å². The van der Waals surface area contributed by atoms with Gasteiger partial charge in [-0.15, -0.1) is 0 Å². The number of rotatable bonds is 5. The van der Waals surface area contributed by atoms with Crippen LogP contribution < -0.4 is 0 Å². The Bertz CT molecular complexity index is 564. The lowest BCUT2D eigenvalue weighted by molar-refractivity contribution is 0.130. The van der Waals surface area contributed by atoms with E-state index in [1.165, 1.54) is 12.8 Å². The van der Waals surface area contributed by atoms with Crippen molar-refractivity contribution in [3.05, 3.63) is 42.1 Å². The molecule has 0 spiro atoms. The van der Waals surface area contributed by atoms with Gasteiger partial charge in [0.15, 0.2) is 0 Å². The van der Waals surface area contributed by atoms with Crippen LogP contribution in [-0.2, 0) is 6.54 Å². The molecule has 2 unspecified atom stereocenters. The van der Waals surface area contributed by atoms with Gasteiger partial charge >= 0.3 is 0 Å². The van der Waals surface area contributed by atoms with Gasteiger partial charge < -0.3 is 5.11 Å². The summed E-state index contributed by atoms with van der Waals surface area (Å²) in [4.78, 5) is 2.45. The smallest absolute Gasteiger partial charge is 0.0924 e. The third-order valence-corrected chi connectivity index (χ3v) is 4.19. The maximum atomic E-state index is 9.60. The van der Waals surface area contributed by atoms with Gasteiger partial charge in [0.2, 0.25) is 0 Å². The molecule has 1 saturated heterocycles. The Kier molecular flexibility index (Phi) is 4.36. The van der Waals surface area contributed by atoms with Crippen molar-refractivity contribution in [1.29, 1.82) is 0 Å². The molecule has 1 aliphatic rings. The molecular weight excluding hydrogens is 262 g/mol. The molecule has 1 aliphatic heterocycles. The Balaban J connectivity index is 1.67. The van der Waals surface area contributed by atoms with E-state index in [4.69, 9.17) is 0 Å². The van der Waals surface area contributed by atoms with Crippen LogP contribution in [-0.4, -0.2) is 38.9 Å². The van der Waals surface area contributed by atoms with Crippen molar-refractivity contribution in [2.24, 2.45) is 0 Å². The van der Waals surface area contributed by atoms with Gasteiger partial charge in [-0.2, -0.15) is 5.10 Å². The lowest BCUT2D eigenvalue weighted by Crippen LogP contribution is -2.31. The molecule has 4 nitrogen and oxygen atoms in total. The predicted molar refractivity (Wildman–Crippen MR) is 83.8 cm³/mol. The van der Waals surface area contributed by atoms with Crippen LogP contribution >= 0.6 is 0 Å². The lowest BCUT2D eigenvalue weighted by Gasteiger charge is -2.24. The summed E-state index contributed by atoms with van der Waals surface area (Å²) in [5, 5.41) is 17.2. The van der Waals surface area contributed by atoms with Crippen LogP contribution in [0.2, 0.25) is 0 Å². The molecule has 21 heavy (non-hydrogen) atoms. The highest BCUT2D eigenvalue weighted by Gasteiger charge is 2.25. The molecule has 1 aromatic carbocycles. The number of likely N-dealkylation sites (tertiary alicyclic amines) is 1. The number of nitrogens with zero attached hydrogens (tertiary/aromatic N) is 2. The molecular formula is C17H23N3O. The summed E-state index contributed by atoms with van der Waals surface area (Å²) in [6.07, 6.45) is 3.04. The molecule has 2 atom stereocenters. The fraction of sp³-hybridized carbons (Fsp3) is 0.471. The largest absolute Gasteiger partial charge is 0.393 e. The van der Waals surface area contributed by atoms with Gasteiger partial charge in [-0.05, 0) is 38.8 Å². The topological polar surface area (TPSA) is 52.1 Å².